The molecule has 0 heterocycles. The van der Waals surface area contributed by atoms with Crippen LogP contribution in [0.15, 0.2) is 0 Å². The predicted molar refractivity (Wildman–Crippen MR) is 89.0 cm³/mol. The summed E-state index contributed by atoms with van der Waals surface area (Å²) in [4.78, 5) is 0. The standard InChI is InChI=1S/C15H33N3S/c1-2-3-4-5-6-7-8-9-10-11-12-13-14-17-15(19)18-16/h2-14,16H2,1H3,(H2,17,18,19). The van der Waals surface area contributed by atoms with E-state index in [9.17, 15) is 0 Å². The zero-order chi connectivity index (χ0) is 14.2. The van der Waals surface area contributed by atoms with Crippen LogP contribution >= 0.6 is 12.2 Å². The summed E-state index contributed by atoms with van der Waals surface area (Å²) in [5.74, 6) is 5.17. The van der Waals surface area contributed by atoms with Gasteiger partial charge in [0, 0.05) is 6.54 Å². The molecule has 0 aromatic rings. The van der Waals surface area contributed by atoms with E-state index in [2.05, 4.69) is 17.7 Å². The van der Waals surface area contributed by atoms with E-state index in [1.165, 1.54) is 77.0 Å². The van der Waals surface area contributed by atoms with Gasteiger partial charge in [0.25, 0.3) is 0 Å². The highest BCUT2D eigenvalue weighted by molar-refractivity contribution is 7.80. The molecule has 0 saturated carbocycles. The monoisotopic (exact) mass is 287 g/mol. The van der Waals surface area contributed by atoms with E-state index in [4.69, 9.17) is 18.1 Å². The van der Waals surface area contributed by atoms with Gasteiger partial charge in [0.1, 0.15) is 0 Å². The van der Waals surface area contributed by atoms with Crippen LogP contribution in [0.5, 0.6) is 0 Å². The van der Waals surface area contributed by atoms with Gasteiger partial charge in [-0.1, -0.05) is 77.6 Å². The minimum atomic E-state index is 0.545. The van der Waals surface area contributed by atoms with E-state index < -0.39 is 0 Å². The molecule has 0 aromatic heterocycles. The van der Waals surface area contributed by atoms with Crippen LogP contribution in [0.25, 0.3) is 0 Å². The number of hydrogen-bond donors (Lipinski definition) is 3. The summed E-state index contributed by atoms with van der Waals surface area (Å²) in [6, 6.07) is 0. The highest BCUT2D eigenvalue weighted by Gasteiger charge is 1.94. The predicted octanol–water partition coefficient (Wildman–Crippen LogP) is 4.03. The molecule has 0 aromatic carbocycles. The SMILES string of the molecule is CCCCCCCCCCCCCCNC(=S)NN. The third-order valence-electron chi connectivity index (χ3n) is 3.45. The lowest BCUT2D eigenvalue weighted by Gasteiger charge is -2.06. The van der Waals surface area contributed by atoms with Gasteiger partial charge in [0.2, 0.25) is 0 Å². The smallest absolute Gasteiger partial charge is 0.180 e. The summed E-state index contributed by atoms with van der Waals surface area (Å²) in [7, 11) is 0. The molecule has 4 heteroatoms. The number of nitrogens with two attached hydrogens (primary N) is 1. The summed E-state index contributed by atoms with van der Waals surface area (Å²) >= 11 is 4.89. The number of hydrazine groups is 1. The maximum Gasteiger partial charge on any atom is 0.180 e. The first-order chi connectivity index (χ1) is 9.31. The first kappa shape index (κ1) is 18.7. The fourth-order valence-corrected chi connectivity index (χ4v) is 2.32. The molecule has 0 amide bonds. The molecule has 0 fully saturated rings. The van der Waals surface area contributed by atoms with Crippen LogP contribution < -0.4 is 16.6 Å². The van der Waals surface area contributed by atoms with Crippen LogP contribution in [-0.4, -0.2) is 11.7 Å². The molecule has 19 heavy (non-hydrogen) atoms. The van der Waals surface area contributed by atoms with Crippen molar-refractivity contribution < 1.29 is 0 Å². The summed E-state index contributed by atoms with van der Waals surface area (Å²) in [5.41, 5.74) is 2.43. The molecule has 0 saturated heterocycles. The van der Waals surface area contributed by atoms with E-state index in [0.29, 0.717) is 5.11 Å². The van der Waals surface area contributed by atoms with Crippen LogP contribution in [0.4, 0.5) is 0 Å². The molecular formula is C15H33N3S. The van der Waals surface area contributed by atoms with Gasteiger partial charge in [-0.25, -0.2) is 5.84 Å². The molecule has 4 N–H and O–H groups in total. The lowest BCUT2D eigenvalue weighted by molar-refractivity contribution is 0.543. The number of hydrogen-bond acceptors (Lipinski definition) is 2. The van der Waals surface area contributed by atoms with Gasteiger partial charge in [-0.05, 0) is 18.6 Å². The summed E-state index contributed by atoms with van der Waals surface area (Å²) in [6.07, 6.45) is 16.5. The van der Waals surface area contributed by atoms with Crippen LogP contribution in [0.3, 0.4) is 0 Å². The maximum absolute atomic E-state index is 5.17. The quantitative estimate of drug-likeness (QED) is 0.207. The van der Waals surface area contributed by atoms with E-state index in [1.54, 1.807) is 0 Å². The minimum Gasteiger partial charge on any atom is -0.362 e. The van der Waals surface area contributed by atoms with E-state index in [0.717, 1.165) is 6.54 Å². The average molecular weight is 288 g/mol. The topological polar surface area (TPSA) is 50.1 Å². The van der Waals surface area contributed by atoms with Crippen molar-refractivity contribution in [3.8, 4) is 0 Å². The first-order valence-electron chi connectivity index (χ1n) is 8.05. The molecule has 0 bridgehead atoms. The summed E-state index contributed by atoms with van der Waals surface area (Å²) in [5, 5.41) is 3.61. The molecule has 0 rings (SSSR count). The fraction of sp³-hybridized carbons (Fsp3) is 0.933. The molecule has 0 aliphatic carbocycles. The van der Waals surface area contributed by atoms with Gasteiger partial charge in [-0.3, -0.25) is 0 Å². The van der Waals surface area contributed by atoms with Gasteiger partial charge in [-0.15, -0.1) is 0 Å². The maximum atomic E-state index is 5.17. The van der Waals surface area contributed by atoms with Crippen LogP contribution in [0.1, 0.15) is 84.0 Å². The largest absolute Gasteiger partial charge is 0.362 e. The Kier molecular flexibility index (Phi) is 15.4. The zero-order valence-electron chi connectivity index (χ0n) is 12.7. The van der Waals surface area contributed by atoms with E-state index in [-0.39, 0.29) is 0 Å². The molecule has 0 aliphatic rings. The Morgan fingerprint density at radius 3 is 1.63 bits per heavy atom. The van der Waals surface area contributed by atoms with Crippen molar-refractivity contribution in [3.63, 3.8) is 0 Å². The Balaban J connectivity index is 2.97. The normalized spacial score (nSPS) is 10.4. The highest BCUT2D eigenvalue weighted by Crippen LogP contribution is 2.11. The molecule has 3 nitrogen and oxygen atoms in total. The zero-order valence-corrected chi connectivity index (χ0v) is 13.5. The molecule has 0 radical (unpaired) electrons. The van der Waals surface area contributed by atoms with E-state index in [1.807, 2.05) is 0 Å². The van der Waals surface area contributed by atoms with Gasteiger partial charge in [0.05, 0.1) is 0 Å². The summed E-state index contributed by atoms with van der Waals surface area (Å²) in [6.45, 7) is 3.20. The molecule has 114 valence electrons. The number of unbranched alkanes of at least 4 members (excludes halogenated alkanes) is 11. The van der Waals surface area contributed by atoms with Gasteiger partial charge < -0.3 is 10.7 Å². The van der Waals surface area contributed by atoms with Crippen molar-refractivity contribution in [2.75, 3.05) is 6.54 Å². The van der Waals surface area contributed by atoms with Crippen molar-refractivity contribution in [1.82, 2.24) is 10.7 Å². The second-order valence-electron chi connectivity index (χ2n) is 5.29. The Labute approximate surface area is 125 Å². The van der Waals surface area contributed by atoms with Crippen molar-refractivity contribution >= 4 is 17.3 Å². The summed E-state index contributed by atoms with van der Waals surface area (Å²) < 4.78 is 0. The lowest BCUT2D eigenvalue weighted by atomic mass is 10.1. The third-order valence-corrected chi connectivity index (χ3v) is 3.71. The number of rotatable bonds is 13. The van der Waals surface area contributed by atoms with Gasteiger partial charge in [0.15, 0.2) is 5.11 Å². The lowest BCUT2D eigenvalue weighted by Crippen LogP contribution is -2.39. The highest BCUT2D eigenvalue weighted by atomic mass is 32.1. The van der Waals surface area contributed by atoms with Crippen molar-refractivity contribution in [3.05, 3.63) is 0 Å². The second kappa shape index (κ2) is 15.7. The molecule has 0 atom stereocenters. The second-order valence-corrected chi connectivity index (χ2v) is 5.70. The Morgan fingerprint density at radius 2 is 1.21 bits per heavy atom. The van der Waals surface area contributed by atoms with Crippen molar-refractivity contribution in [2.24, 2.45) is 5.84 Å². The van der Waals surface area contributed by atoms with Crippen LogP contribution in [0.2, 0.25) is 0 Å². The molecular weight excluding hydrogens is 254 g/mol. The fourth-order valence-electron chi connectivity index (χ4n) is 2.22. The van der Waals surface area contributed by atoms with Crippen LogP contribution in [-0.2, 0) is 0 Å². The van der Waals surface area contributed by atoms with Gasteiger partial charge >= 0.3 is 0 Å². The Hall–Kier alpha value is -0.350. The molecule has 0 unspecified atom stereocenters. The van der Waals surface area contributed by atoms with Crippen LogP contribution in [0, 0.1) is 0 Å². The average Bonchev–Trinajstić information content (AvgIpc) is 2.43. The third kappa shape index (κ3) is 15.6. The molecule has 0 spiro atoms. The molecule has 0 aliphatic heterocycles. The minimum absolute atomic E-state index is 0.545. The number of thiocarbonyl (C=S) groups is 1. The number of nitrogens with one attached hydrogen (secondary N) is 2. The Morgan fingerprint density at radius 1 is 0.789 bits per heavy atom. The first-order valence-corrected chi connectivity index (χ1v) is 8.46. The van der Waals surface area contributed by atoms with Crippen molar-refractivity contribution in [1.29, 1.82) is 0 Å². The van der Waals surface area contributed by atoms with Gasteiger partial charge in [-0.2, -0.15) is 0 Å². The Bertz CT molecular complexity index is 198. The van der Waals surface area contributed by atoms with E-state index >= 15 is 0 Å². The van der Waals surface area contributed by atoms with Crippen molar-refractivity contribution in [2.45, 2.75) is 84.0 Å².